The lowest BCUT2D eigenvalue weighted by Gasteiger charge is -2.26. The normalized spacial score (nSPS) is 15.0. The van der Waals surface area contributed by atoms with Gasteiger partial charge in [-0.15, -0.1) is 0 Å². The zero-order valence-corrected chi connectivity index (χ0v) is 22.3. The summed E-state index contributed by atoms with van der Waals surface area (Å²) in [4.78, 5) is 80.5. The third kappa shape index (κ3) is 3.35. The second-order valence-electron chi connectivity index (χ2n) is 9.62. The minimum atomic E-state index is -1.06. The zero-order valence-electron chi connectivity index (χ0n) is 22.3. The van der Waals surface area contributed by atoms with Gasteiger partial charge in [0.05, 0.1) is 36.5 Å². The van der Waals surface area contributed by atoms with E-state index >= 15 is 0 Å². The van der Waals surface area contributed by atoms with Gasteiger partial charge in [0.25, 0.3) is 0 Å². The fraction of sp³-hybridized carbons (Fsp3) is 0.133. The topological polar surface area (TPSA) is 188 Å². The number of fused-ring (bicyclic) bond motifs is 4. The van der Waals surface area contributed by atoms with E-state index in [9.17, 15) is 39.0 Å². The first-order valence-electron chi connectivity index (χ1n) is 12.3. The van der Waals surface area contributed by atoms with Crippen molar-refractivity contribution in [2.24, 2.45) is 0 Å². The van der Waals surface area contributed by atoms with Crippen LogP contribution in [0.2, 0.25) is 0 Å². The van der Waals surface area contributed by atoms with Crippen LogP contribution in [0.3, 0.4) is 0 Å². The van der Waals surface area contributed by atoms with Crippen molar-refractivity contribution in [1.82, 2.24) is 0 Å². The summed E-state index contributed by atoms with van der Waals surface area (Å²) < 4.78 is 21.5. The zero-order chi connectivity index (χ0) is 30.4. The maximum atomic E-state index is 14.0. The Labute approximate surface area is 233 Å². The molecule has 0 saturated carbocycles. The van der Waals surface area contributed by atoms with Crippen molar-refractivity contribution in [2.75, 3.05) is 14.2 Å². The second-order valence-corrected chi connectivity index (χ2v) is 9.62. The summed E-state index contributed by atoms with van der Waals surface area (Å²) in [5.74, 6) is -6.88. The molecule has 0 amide bonds. The number of phenols is 2. The minimum Gasteiger partial charge on any atom is -0.506 e. The first-order chi connectivity index (χ1) is 19.9. The molecule has 0 atom stereocenters. The fourth-order valence-corrected chi connectivity index (χ4v) is 5.44. The van der Waals surface area contributed by atoms with Crippen LogP contribution in [0, 0.1) is 13.8 Å². The third-order valence-electron chi connectivity index (χ3n) is 7.16. The Balaban J connectivity index is 1.67. The van der Waals surface area contributed by atoms with Crippen molar-refractivity contribution in [1.29, 1.82) is 0 Å². The van der Waals surface area contributed by atoms with Crippen LogP contribution < -0.4 is 10.9 Å². The van der Waals surface area contributed by atoms with Gasteiger partial charge in [-0.3, -0.25) is 28.8 Å². The van der Waals surface area contributed by atoms with E-state index in [4.69, 9.17) is 18.3 Å². The Hall–Kier alpha value is -5.78. The molecule has 2 aliphatic rings. The largest absolute Gasteiger partial charge is 0.506 e. The van der Waals surface area contributed by atoms with E-state index in [0.29, 0.717) is 0 Å². The Kier molecular flexibility index (Phi) is 5.58. The van der Waals surface area contributed by atoms with Crippen molar-refractivity contribution >= 4 is 45.1 Å². The highest BCUT2D eigenvalue weighted by Gasteiger charge is 2.46. The predicted octanol–water partition coefficient (Wildman–Crippen LogP) is 3.19. The second kappa shape index (κ2) is 8.86. The van der Waals surface area contributed by atoms with Crippen LogP contribution in [0.4, 0.5) is 0 Å². The standard InChI is InChI=1S/C30H18O12/c1-9-5-13(31)19-15(41-9)7-11-17(25(19)35)27(37)29(39-3)21(23(11)33)22-24(34)12-8-16-20(14(32)6-10(2)42-16)26(36)18(12)28(38)30(22)40-4/h5-8,35-36H,1-4H3. The number of ether oxygens (including phenoxy) is 2. The van der Waals surface area contributed by atoms with E-state index in [1.807, 2.05) is 0 Å². The molecule has 2 heterocycles. The lowest BCUT2D eigenvalue weighted by Crippen LogP contribution is -2.31. The van der Waals surface area contributed by atoms with Crippen LogP contribution >= 0.6 is 0 Å². The average Bonchev–Trinajstić information content (AvgIpc) is 2.91. The summed E-state index contributed by atoms with van der Waals surface area (Å²) in [5.41, 5.74) is -4.99. The monoisotopic (exact) mass is 570 g/mol. The quantitative estimate of drug-likeness (QED) is 0.367. The smallest absolute Gasteiger partial charge is 0.232 e. The fourth-order valence-electron chi connectivity index (χ4n) is 5.44. The lowest BCUT2D eigenvalue weighted by molar-refractivity contribution is 0.0878. The van der Waals surface area contributed by atoms with Gasteiger partial charge in [-0.25, -0.2) is 0 Å². The minimum absolute atomic E-state index is 0.165. The van der Waals surface area contributed by atoms with Gasteiger partial charge in [0.2, 0.25) is 11.6 Å². The predicted molar refractivity (Wildman–Crippen MR) is 143 cm³/mol. The number of aryl methyl sites for hydroxylation is 2. The molecule has 12 heteroatoms. The van der Waals surface area contributed by atoms with Crippen LogP contribution in [0.1, 0.15) is 53.0 Å². The molecule has 12 nitrogen and oxygen atoms in total. The molecule has 0 saturated heterocycles. The number of phenolic OH excluding ortho intramolecular Hbond substituents is 2. The van der Waals surface area contributed by atoms with E-state index in [-0.39, 0.29) is 33.5 Å². The summed E-state index contributed by atoms with van der Waals surface area (Å²) in [5, 5.41) is 21.2. The molecular weight excluding hydrogens is 552 g/mol. The van der Waals surface area contributed by atoms with E-state index in [2.05, 4.69) is 0 Å². The molecule has 2 aromatic carbocycles. The highest BCUT2D eigenvalue weighted by atomic mass is 16.5. The van der Waals surface area contributed by atoms with Crippen molar-refractivity contribution in [3.8, 4) is 11.5 Å². The molecule has 0 aliphatic heterocycles. The Morgan fingerprint density at radius 3 is 1.26 bits per heavy atom. The van der Waals surface area contributed by atoms with Gasteiger partial charge in [-0.05, 0) is 26.0 Å². The van der Waals surface area contributed by atoms with E-state index in [0.717, 1.165) is 38.5 Å². The van der Waals surface area contributed by atoms with Crippen LogP contribution in [-0.4, -0.2) is 47.6 Å². The van der Waals surface area contributed by atoms with E-state index in [1.165, 1.54) is 13.8 Å². The maximum Gasteiger partial charge on any atom is 0.232 e. The number of ketones is 4. The number of rotatable bonds is 3. The van der Waals surface area contributed by atoms with E-state index < -0.39 is 90.4 Å². The van der Waals surface area contributed by atoms with Gasteiger partial charge < -0.3 is 28.5 Å². The molecule has 0 unspecified atom stereocenters. The molecule has 0 spiro atoms. The Bertz CT molecular complexity index is 2050. The maximum absolute atomic E-state index is 14.0. The summed E-state index contributed by atoms with van der Waals surface area (Å²) in [6.45, 7) is 2.95. The molecule has 0 bridgehead atoms. The van der Waals surface area contributed by atoms with Gasteiger partial charge in [0.1, 0.15) is 45.0 Å². The number of carbonyl (C=O) groups excluding carboxylic acids is 4. The molecule has 2 N–H and O–H groups in total. The third-order valence-corrected chi connectivity index (χ3v) is 7.16. The van der Waals surface area contributed by atoms with Crippen LogP contribution in [0.15, 0.2) is 65.4 Å². The van der Waals surface area contributed by atoms with Crippen molar-refractivity contribution in [3.63, 3.8) is 0 Å². The number of allylic oxidation sites excluding steroid dienone is 4. The SMILES string of the molecule is COC1=C(C2=C(OC)C(=O)c3c(cc4oc(C)cc(=O)c4c3O)C2=O)C(=O)c2cc3oc(C)cc(=O)c3c(O)c2C1=O. The first kappa shape index (κ1) is 26.4. The van der Waals surface area contributed by atoms with Gasteiger partial charge in [0.15, 0.2) is 33.9 Å². The van der Waals surface area contributed by atoms with Gasteiger partial charge in [0, 0.05) is 23.3 Å². The summed E-state index contributed by atoms with van der Waals surface area (Å²) in [6, 6.07) is 4.37. The number of hydrogen-bond acceptors (Lipinski definition) is 12. The number of benzene rings is 2. The molecule has 42 heavy (non-hydrogen) atoms. The van der Waals surface area contributed by atoms with Crippen molar-refractivity contribution < 1.29 is 47.7 Å². The lowest BCUT2D eigenvalue weighted by atomic mass is 9.77. The molecule has 2 aromatic heterocycles. The summed E-state index contributed by atoms with van der Waals surface area (Å²) in [6.07, 6.45) is 0. The van der Waals surface area contributed by atoms with Crippen molar-refractivity contribution in [3.05, 3.63) is 101 Å². The molecule has 4 aromatic rings. The van der Waals surface area contributed by atoms with Gasteiger partial charge in [-0.1, -0.05) is 0 Å². The molecule has 2 aliphatic carbocycles. The first-order valence-corrected chi connectivity index (χ1v) is 12.3. The number of Topliss-reactive ketones (excluding diaryl/α,β-unsaturated/α-hetero) is 4. The Morgan fingerprint density at radius 2 is 0.929 bits per heavy atom. The van der Waals surface area contributed by atoms with Crippen LogP contribution in [0.5, 0.6) is 11.5 Å². The molecular formula is C30H18O12. The van der Waals surface area contributed by atoms with E-state index in [1.54, 1.807) is 0 Å². The van der Waals surface area contributed by atoms with Gasteiger partial charge >= 0.3 is 0 Å². The molecule has 6 rings (SSSR count). The molecule has 0 radical (unpaired) electrons. The summed E-state index contributed by atoms with van der Waals surface area (Å²) in [7, 11) is 2.07. The average molecular weight is 570 g/mol. The van der Waals surface area contributed by atoms with Crippen molar-refractivity contribution in [2.45, 2.75) is 13.8 Å². The Morgan fingerprint density at radius 1 is 0.571 bits per heavy atom. The van der Waals surface area contributed by atoms with Crippen LogP contribution in [-0.2, 0) is 9.47 Å². The number of aromatic hydroxyl groups is 2. The number of hydrogen-bond donors (Lipinski definition) is 2. The summed E-state index contributed by atoms with van der Waals surface area (Å²) >= 11 is 0. The highest BCUT2D eigenvalue weighted by Crippen LogP contribution is 2.44. The van der Waals surface area contributed by atoms with Crippen LogP contribution in [0.25, 0.3) is 21.9 Å². The van der Waals surface area contributed by atoms with Gasteiger partial charge in [-0.2, -0.15) is 0 Å². The molecule has 0 fully saturated rings. The number of methoxy groups -OCH3 is 2. The molecule has 210 valence electrons. The number of carbonyl (C=O) groups is 4. The highest BCUT2D eigenvalue weighted by molar-refractivity contribution is 6.38.